The van der Waals surface area contributed by atoms with Gasteiger partial charge in [-0.25, -0.2) is 4.79 Å². The van der Waals surface area contributed by atoms with E-state index in [1.807, 2.05) is 50.2 Å². The highest BCUT2D eigenvalue weighted by atomic mass is 16.5. The predicted octanol–water partition coefficient (Wildman–Crippen LogP) is 4.63. The zero-order chi connectivity index (χ0) is 19.8. The second-order valence-electron chi connectivity index (χ2n) is 6.69. The summed E-state index contributed by atoms with van der Waals surface area (Å²) < 4.78 is 10.5. The number of anilines is 1. The molecule has 140 valence electrons. The van der Waals surface area contributed by atoms with E-state index in [0.29, 0.717) is 28.3 Å². The van der Waals surface area contributed by atoms with E-state index >= 15 is 0 Å². The third-order valence-electron chi connectivity index (χ3n) is 4.68. The Morgan fingerprint density at radius 2 is 1.75 bits per heavy atom. The molecular formula is C22H18N2O4. The van der Waals surface area contributed by atoms with Crippen LogP contribution in [-0.2, 0) is 0 Å². The number of fused-ring (bicyclic) bond motifs is 1. The minimum Gasteiger partial charge on any atom is -0.423 e. The van der Waals surface area contributed by atoms with Gasteiger partial charge in [-0.2, -0.15) is 0 Å². The molecule has 28 heavy (non-hydrogen) atoms. The van der Waals surface area contributed by atoms with E-state index in [4.69, 9.17) is 8.94 Å². The van der Waals surface area contributed by atoms with Gasteiger partial charge < -0.3 is 14.3 Å². The monoisotopic (exact) mass is 374 g/mol. The number of aryl methyl sites for hydroxylation is 3. The zero-order valence-corrected chi connectivity index (χ0v) is 15.7. The Hall–Kier alpha value is -3.67. The zero-order valence-electron chi connectivity index (χ0n) is 15.7. The van der Waals surface area contributed by atoms with Crippen LogP contribution in [0.3, 0.4) is 0 Å². The number of benzene rings is 2. The van der Waals surface area contributed by atoms with Crippen LogP contribution in [0.2, 0.25) is 0 Å². The minimum atomic E-state index is -0.395. The van der Waals surface area contributed by atoms with Gasteiger partial charge in [0.2, 0.25) is 0 Å². The Kier molecular flexibility index (Phi) is 4.31. The number of hydrogen-bond donors (Lipinski definition) is 1. The van der Waals surface area contributed by atoms with Gasteiger partial charge in [0.25, 0.3) is 5.91 Å². The number of rotatable bonds is 3. The van der Waals surface area contributed by atoms with E-state index in [2.05, 4.69) is 10.5 Å². The first kappa shape index (κ1) is 17.7. The molecule has 0 saturated heterocycles. The molecule has 0 aliphatic heterocycles. The standard InChI is InChI=1S/C22H18N2O4/c1-12-10-19(25)27-18-9-13(2)17(11-16(12)18)23-22(26)20-14(3)28-24-21(20)15-7-5-4-6-8-15/h4-11H,1-3H3,(H,23,26). The normalized spacial score (nSPS) is 11.0. The lowest BCUT2D eigenvalue weighted by Gasteiger charge is -2.11. The predicted molar refractivity (Wildman–Crippen MR) is 107 cm³/mol. The molecule has 2 aromatic carbocycles. The van der Waals surface area contributed by atoms with Crippen LogP contribution >= 0.6 is 0 Å². The minimum absolute atomic E-state index is 0.310. The van der Waals surface area contributed by atoms with Gasteiger partial charge in [-0.15, -0.1) is 0 Å². The maximum atomic E-state index is 13.0. The van der Waals surface area contributed by atoms with E-state index in [-0.39, 0.29) is 5.91 Å². The molecule has 6 heteroatoms. The summed E-state index contributed by atoms with van der Waals surface area (Å²) in [5.74, 6) is 0.132. The molecule has 6 nitrogen and oxygen atoms in total. The quantitative estimate of drug-likeness (QED) is 0.529. The van der Waals surface area contributed by atoms with Crippen molar-refractivity contribution in [1.82, 2.24) is 5.16 Å². The summed E-state index contributed by atoms with van der Waals surface area (Å²) in [5, 5.41) is 7.77. The van der Waals surface area contributed by atoms with Gasteiger partial charge in [0, 0.05) is 22.7 Å². The average Bonchev–Trinajstić information content (AvgIpc) is 3.05. The van der Waals surface area contributed by atoms with Crippen molar-refractivity contribution in [2.75, 3.05) is 5.32 Å². The summed E-state index contributed by atoms with van der Waals surface area (Å²) in [7, 11) is 0. The molecule has 0 aliphatic carbocycles. The van der Waals surface area contributed by atoms with Gasteiger partial charge in [0.15, 0.2) is 0 Å². The number of carbonyl (C=O) groups is 1. The lowest BCUT2D eigenvalue weighted by Crippen LogP contribution is -2.14. The number of amides is 1. The second kappa shape index (κ2) is 6.81. The molecule has 0 spiro atoms. The Morgan fingerprint density at radius 1 is 1.00 bits per heavy atom. The smallest absolute Gasteiger partial charge is 0.336 e. The van der Waals surface area contributed by atoms with Crippen molar-refractivity contribution in [3.63, 3.8) is 0 Å². The van der Waals surface area contributed by atoms with Gasteiger partial charge in [-0.1, -0.05) is 35.5 Å². The fourth-order valence-corrected chi connectivity index (χ4v) is 3.22. The number of nitrogens with zero attached hydrogens (tertiary/aromatic N) is 1. The summed E-state index contributed by atoms with van der Waals surface area (Å²) in [4.78, 5) is 24.6. The van der Waals surface area contributed by atoms with Crippen LogP contribution in [-0.4, -0.2) is 11.1 Å². The first-order valence-corrected chi connectivity index (χ1v) is 8.82. The first-order valence-electron chi connectivity index (χ1n) is 8.82. The summed E-state index contributed by atoms with van der Waals surface area (Å²) >= 11 is 0. The van der Waals surface area contributed by atoms with Crippen molar-refractivity contribution in [3.8, 4) is 11.3 Å². The molecule has 2 aromatic heterocycles. The van der Waals surface area contributed by atoms with Crippen molar-refractivity contribution in [3.05, 3.63) is 81.4 Å². The Morgan fingerprint density at radius 3 is 2.50 bits per heavy atom. The van der Waals surface area contributed by atoms with Gasteiger partial charge in [0.05, 0.1) is 0 Å². The van der Waals surface area contributed by atoms with E-state index in [1.54, 1.807) is 13.0 Å². The molecule has 0 aliphatic rings. The van der Waals surface area contributed by atoms with Crippen LogP contribution in [0.1, 0.15) is 27.2 Å². The molecule has 0 fully saturated rings. The summed E-state index contributed by atoms with van der Waals surface area (Å²) in [6.45, 7) is 5.38. The lowest BCUT2D eigenvalue weighted by molar-refractivity contribution is 0.102. The van der Waals surface area contributed by atoms with Gasteiger partial charge >= 0.3 is 5.63 Å². The van der Waals surface area contributed by atoms with E-state index in [9.17, 15) is 9.59 Å². The Balaban J connectivity index is 1.75. The second-order valence-corrected chi connectivity index (χ2v) is 6.69. The van der Waals surface area contributed by atoms with Crippen molar-refractivity contribution in [2.45, 2.75) is 20.8 Å². The van der Waals surface area contributed by atoms with Crippen LogP contribution in [0.5, 0.6) is 0 Å². The number of nitrogens with one attached hydrogen (secondary N) is 1. The number of carbonyl (C=O) groups excluding carboxylic acids is 1. The van der Waals surface area contributed by atoms with Crippen LogP contribution in [0.25, 0.3) is 22.2 Å². The Labute approximate surface area is 160 Å². The molecule has 0 saturated carbocycles. The molecule has 0 radical (unpaired) electrons. The highest BCUT2D eigenvalue weighted by Gasteiger charge is 2.22. The third-order valence-corrected chi connectivity index (χ3v) is 4.68. The average molecular weight is 374 g/mol. The topological polar surface area (TPSA) is 85.3 Å². The molecule has 4 rings (SSSR count). The SMILES string of the molecule is Cc1cc2oc(=O)cc(C)c2cc1NC(=O)c1c(-c2ccccc2)noc1C. The highest BCUT2D eigenvalue weighted by Crippen LogP contribution is 2.28. The van der Waals surface area contributed by atoms with Crippen LogP contribution in [0.15, 0.2) is 62.3 Å². The van der Waals surface area contributed by atoms with Crippen molar-refractivity contribution >= 4 is 22.6 Å². The summed E-state index contributed by atoms with van der Waals surface area (Å²) in [6.07, 6.45) is 0. The van der Waals surface area contributed by atoms with Crippen molar-refractivity contribution in [1.29, 1.82) is 0 Å². The lowest BCUT2D eigenvalue weighted by atomic mass is 10.0. The van der Waals surface area contributed by atoms with Crippen LogP contribution < -0.4 is 10.9 Å². The molecule has 1 amide bonds. The maximum absolute atomic E-state index is 13.0. The van der Waals surface area contributed by atoms with Gasteiger partial charge in [-0.3, -0.25) is 4.79 Å². The van der Waals surface area contributed by atoms with Crippen molar-refractivity contribution < 1.29 is 13.7 Å². The fourth-order valence-electron chi connectivity index (χ4n) is 3.22. The van der Waals surface area contributed by atoms with E-state index in [1.165, 1.54) is 6.07 Å². The van der Waals surface area contributed by atoms with Gasteiger partial charge in [-0.05, 0) is 44.0 Å². The molecule has 0 unspecified atom stereocenters. The summed E-state index contributed by atoms with van der Waals surface area (Å²) in [5.41, 5.74) is 3.99. The third kappa shape index (κ3) is 3.09. The van der Waals surface area contributed by atoms with Crippen LogP contribution in [0.4, 0.5) is 5.69 Å². The molecule has 4 aromatic rings. The molecule has 0 bridgehead atoms. The molecule has 1 N–H and O–H groups in total. The Bertz CT molecular complexity index is 1250. The molecular weight excluding hydrogens is 356 g/mol. The van der Waals surface area contributed by atoms with E-state index < -0.39 is 5.63 Å². The molecule has 2 heterocycles. The maximum Gasteiger partial charge on any atom is 0.336 e. The molecule has 0 atom stereocenters. The summed E-state index contributed by atoms with van der Waals surface area (Å²) in [6, 6.07) is 14.4. The van der Waals surface area contributed by atoms with Crippen molar-refractivity contribution in [2.24, 2.45) is 0 Å². The van der Waals surface area contributed by atoms with E-state index in [0.717, 1.165) is 22.1 Å². The largest absolute Gasteiger partial charge is 0.423 e. The fraction of sp³-hybridized carbons (Fsp3) is 0.136. The van der Waals surface area contributed by atoms with Gasteiger partial charge in [0.1, 0.15) is 22.6 Å². The highest BCUT2D eigenvalue weighted by molar-refractivity contribution is 6.09. The number of aromatic nitrogens is 1. The first-order chi connectivity index (χ1) is 13.4. The number of hydrogen-bond acceptors (Lipinski definition) is 5. The van der Waals surface area contributed by atoms with Crippen LogP contribution in [0, 0.1) is 20.8 Å².